The van der Waals surface area contributed by atoms with Gasteiger partial charge in [-0.25, -0.2) is 0 Å². The van der Waals surface area contributed by atoms with Crippen LogP contribution >= 0.6 is 0 Å². The van der Waals surface area contributed by atoms with E-state index in [1.54, 1.807) is 0 Å². The number of hydrogen-bond donors (Lipinski definition) is 1. The van der Waals surface area contributed by atoms with Gasteiger partial charge in [0.15, 0.2) is 0 Å². The molecule has 0 aliphatic carbocycles. The van der Waals surface area contributed by atoms with E-state index in [0.717, 1.165) is 18.5 Å². The molecule has 2 nitrogen and oxygen atoms in total. The summed E-state index contributed by atoms with van der Waals surface area (Å²) in [6, 6.07) is 11.2. The number of nitrogens with zero attached hydrogens (tertiary/aromatic N) is 1. The summed E-state index contributed by atoms with van der Waals surface area (Å²) in [5, 5.41) is 3.75. The van der Waals surface area contributed by atoms with Crippen LogP contribution in [-0.4, -0.2) is 30.1 Å². The van der Waals surface area contributed by atoms with Crippen LogP contribution < -0.4 is 5.32 Å². The summed E-state index contributed by atoms with van der Waals surface area (Å²) in [7, 11) is 2.30. The number of aryl methyl sites for hydroxylation is 1. The van der Waals surface area contributed by atoms with Crippen LogP contribution in [0.3, 0.4) is 0 Å². The summed E-state index contributed by atoms with van der Waals surface area (Å²) < 4.78 is 0. The van der Waals surface area contributed by atoms with Gasteiger partial charge in [-0.3, -0.25) is 0 Å². The Kier molecular flexibility index (Phi) is 3.29. The van der Waals surface area contributed by atoms with Gasteiger partial charge in [0.25, 0.3) is 0 Å². The second-order valence-corrected chi connectivity index (χ2v) is 5.92. The molecule has 2 aliphatic heterocycles. The third-order valence-corrected chi connectivity index (χ3v) is 4.80. The van der Waals surface area contributed by atoms with Gasteiger partial charge in [-0.05, 0) is 56.8 Å². The van der Waals surface area contributed by atoms with E-state index in [0.29, 0.717) is 6.04 Å². The van der Waals surface area contributed by atoms with E-state index in [4.69, 9.17) is 0 Å². The molecule has 0 aromatic heterocycles. The molecule has 98 valence electrons. The molecule has 2 aliphatic rings. The van der Waals surface area contributed by atoms with Crippen molar-refractivity contribution >= 4 is 5.69 Å². The van der Waals surface area contributed by atoms with Crippen molar-refractivity contribution in [3.05, 3.63) is 29.8 Å². The highest BCUT2D eigenvalue weighted by Gasteiger charge is 2.38. The Balaban J connectivity index is 1.66. The lowest BCUT2D eigenvalue weighted by Gasteiger charge is -2.37. The molecule has 0 saturated carbocycles. The molecule has 2 fully saturated rings. The maximum Gasteiger partial charge on any atom is 0.0345 e. The van der Waals surface area contributed by atoms with Crippen LogP contribution in [0, 0.1) is 0 Å². The fourth-order valence-electron chi connectivity index (χ4n) is 3.65. The lowest BCUT2D eigenvalue weighted by molar-refractivity contribution is 0.169. The lowest BCUT2D eigenvalue weighted by atomic mass is 9.97. The van der Waals surface area contributed by atoms with Crippen LogP contribution in [0.25, 0.3) is 0 Å². The zero-order valence-electron chi connectivity index (χ0n) is 11.5. The third kappa shape index (κ3) is 2.26. The van der Waals surface area contributed by atoms with Gasteiger partial charge in [-0.1, -0.05) is 19.1 Å². The van der Waals surface area contributed by atoms with Crippen LogP contribution in [0.5, 0.6) is 0 Å². The van der Waals surface area contributed by atoms with E-state index in [1.807, 2.05) is 0 Å². The van der Waals surface area contributed by atoms with Crippen molar-refractivity contribution in [1.82, 2.24) is 4.90 Å². The van der Waals surface area contributed by atoms with Gasteiger partial charge in [-0.2, -0.15) is 0 Å². The molecule has 2 unspecified atom stereocenters. The first-order valence-electron chi connectivity index (χ1n) is 7.33. The molecule has 1 N–H and O–H groups in total. The highest BCUT2D eigenvalue weighted by molar-refractivity contribution is 5.46. The number of rotatable bonds is 3. The summed E-state index contributed by atoms with van der Waals surface area (Å²) in [5.74, 6) is 0. The molecule has 0 spiro atoms. The van der Waals surface area contributed by atoms with Crippen LogP contribution in [0.4, 0.5) is 5.69 Å². The highest BCUT2D eigenvalue weighted by atomic mass is 15.2. The van der Waals surface area contributed by atoms with Gasteiger partial charge in [0, 0.05) is 23.8 Å². The predicted molar refractivity (Wildman–Crippen MR) is 77.0 cm³/mol. The van der Waals surface area contributed by atoms with Crippen molar-refractivity contribution in [2.75, 3.05) is 12.4 Å². The Hall–Kier alpha value is -1.02. The zero-order valence-corrected chi connectivity index (χ0v) is 11.5. The normalized spacial score (nSPS) is 31.6. The topological polar surface area (TPSA) is 15.3 Å². The first-order valence-corrected chi connectivity index (χ1v) is 7.33. The highest BCUT2D eigenvalue weighted by Crippen LogP contribution is 2.35. The molecule has 0 amide bonds. The standard InChI is InChI=1S/C16H24N2/c1-3-12-5-4-6-13(9-12)17-14-10-15-7-8-16(11-14)18(15)2/h4-6,9,14-17H,3,7-8,10-11H2,1-2H3. The SMILES string of the molecule is CCc1cccc(NC2CC3CCC(C2)N3C)c1. The second-order valence-electron chi connectivity index (χ2n) is 5.92. The molecule has 1 aromatic rings. The lowest BCUT2D eigenvalue weighted by Crippen LogP contribution is -2.44. The van der Waals surface area contributed by atoms with Gasteiger partial charge >= 0.3 is 0 Å². The van der Waals surface area contributed by atoms with E-state index >= 15 is 0 Å². The van der Waals surface area contributed by atoms with Crippen LogP contribution in [-0.2, 0) is 6.42 Å². The number of anilines is 1. The minimum absolute atomic E-state index is 0.672. The van der Waals surface area contributed by atoms with Gasteiger partial charge in [0.1, 0.15) is 0 Å². The Labute approximate surface area is 110 Å². The quantitative estimate of drug-likeness (QED) is 0.877. The summed E-state index contributed by atoms with van der Waals surface area (Å²) in [5.41, 5.74) is 2.74. The molecule has 2 atom stereocenters. The van der Waals surface area contributed by atoms with Crippen molar-refractivity contribution in [2.45, 2.75) is 57.2 Å². The first kappa shape index (κ1) is 12.0. The van der Waals surface area contributed by atoms with Crippen molar-refractivity contribution < 1.29 is 0 Å². The van der Waals surface area contributed by atoms with Gasteiger partial charge in [-0.15, -0.1) is 0 Å². The molecule has 2 heterocycles. The van der Waals surface area contributed by atoms with Crippen LogP contribution in [0.15, 0.2) is 24.3 Å². The number of benzene rings is 1. The van der Waals surface area contributed by atoms with Crippen molar-refractivity contribution in [3.63, 3.8) is 0 Å². The van der Waals surface area contributed by atoms with Crippen LogP contribution in [0.2, 0.25) is 0 Å². The molecule has 18 heavy (non-hydrogen) atoms. The van der Waals surface area contributed by atoms with E-state index in [2.05, 4.69) is 48.5 Å². The van der Waals surface area contributed by atoms with Crippen molar-refractivity contribution in [2.24, 2.45) is 0 Å². The van der Waals surface area contributed by atoms with Crippen molar-refractivity contribution in [3.8, 4) is 0 Å². The molecule has 1 aromatic carbocycles. The van der Waals surface area contributed by atoms with Crippen molar-refractivity contribution in [1.29, 1.82) is 0 Å². The molecule has 0 radical (unpaired) electrons. The third-order valence-electron chi connectivity index (χ3n) is 4.80. The molecule has 2 heteroatoms. The van der Waals surface area contributed by atoms with E-state index in [9.17, 15) is 0 Å². The smallest absolute Gasteiger partial charge is 0.0345 e. The minimum Gasteiger partial charge on any atom is -0.382 e. The summed E-state index contributed by atoms with van der Waals surface area (Å²) in [6.45, 7) is 2.22. The second kappa shape index (κ2) is 4.93. The number of piperidine rings is 1. The molecular weight excluding hydrogens is 220 g/mol. The maximum atomic E-state index is 3.75. The van der Waals surface area contributed by atoms with E-state index in [1.165, 1.54) is 36.9 Å². The monoisotopic (exact) mass is 244 g/mol. The molecular formula is C16H24N2. The summed E-state index contributed by atoms with van der Waals surface area (Å²) in [4.78, 5) is 2.60. The van der Waals surface area contributed by atoms with E-state index < -0.39 is 0 Å². The predicted octanol–water partition coefficient (Wildman–Crippen LogP) is 3.29. The Morgan fingerprint density at radius 1 is 1.22 bits per heavy atom. The fraction of sp³-hybridized carbons (Fsp3) is 0.625. The first-order chi connectivity index (χ1) is 8.76. The summed E-state index contributed by atoms with van der Waals surface area (Å²) in [6.07, 6.45) is 6.53. The summed E-state index contributed by atoms with van der Waals surface area (Å²) >= 11 is 0. The number of nitrogens with one attached hydrogen (secondary N) is 1. The maximum absolute atomic E-state index is 3.75. The average molecular weight is 244 g/mol. The Morgan fingerprint density at radius 2 is 1.94 bits per heavy atom. The Bertz CT molecular complexity index is 401. The number of fused-ring (bicyclic) bond motifs is 2. The van der Waals surface area contributed by atoms with Gasteiger partial charge in [0.2, 0.25) is 0 Å². The van der Waals surface area contributed by atoms with Crippen LogP contribution in [0.1, 0.15) is 38.2 Å². The minimum atomic E-state index is 0.672. The molecule has 2 bridgehead atoms. The molecule has 3 rings (SSSR count). The Morgan fingerprint density at radius 3 is 2.61 bits per heavy atom. The number of hydrogen-bond acceptors (Lipinski definition) is 2. The molecule has 2 saturated heterocycles. The largest absolute Gasteiger partial charge is 0.382 e. The zero-order chi connectivity index (χ0) is 12.5. The van der Waals surface area contributed by atoms with E-state index in [-0.39, 0.29) is 0 Å². The van der Waals surface area contributed by atoms with Gasteiger partial charge < -0.3 is 10.2 Å². The van der Waals surface area contributed by atoms with Gasteiger partial charge in [0.05, 0.1) is 0 Å². The average Bonchev–Trinajstić information content (AvgIpc) is 2.62. The fourth-order valence-corrected chi connectivity index (χ4v) is 3.65.